The fraction of sp³-hybridized carbons (Fsp3) is 0.882. The highest BCUT2D eigenvalue weighted by molar-refractivity contribution is 5.82. The third kappa shape index (κ3) is 4.37. The molecule has 0 bridgehead atoms. The average molecular weight is 311 g/mol. The van der Waals surface area contributed by atoms with Gasteiger partial charge in [0.2, 0.25) is 0 Å². The summed E-state index contributed by atoms with van der Waals surface area (Å²) in [5.74, 6) is 0.890. The molecule has 5 heteroatoms. The quantitative estimate of drug-likeness (QED) is 0.340. The van der Waals surface area contributed by atoms with E-state index in [0.717, 1.165) is 44.9 Å². The molecule has 5 nitrogen and oxygen atoms in total. The zero-order chi connectivity index (χ0) is 16.8. The van der Waals surface area contributed by atoms with E-state index in [1.54, 1.807) is 0 Å². The van der Waals surface area contributed by atoms with Gasteiger partial charge in [-0.05, 0) is 33.6 Å². The van der Waals surface area contributed by atoms with Crippen molar-refractivity contribution in [2.45, 2.75) is 65.8 Å². The van der Waals surface area contributed by atoms with Crippen LogP contribution in [-0.2, 0) is 9.53 Å². The summed E-state index contributed by atoms with van der Waals surface area (Å²) in [4.78, 5) is 18.2. The van der Waals surface area contributed by atoms with Crippen LogP contribution in [0.4, 0.5) is 0 Å². The van der Waals surface area contributed by atoms with Gasteiger partial charge in [-0.25, -0.2) is 0 Å². The molecule has 128 valence electrons. The van der Waals surface area contributed by atoms with Crippen molar-refractivity contribution in [3.8, 4) is 0 Å². The normalized spacial score (nSPS) is 19.5. The first-order valence-electron chi connectivity index (χ1n) is 8.39. The number of rotatable bonds is 7. The molecule has 0 radical (unpaired) electrons. The first-order chi connectivity index (χ1) is 10.3. The molecular formula is C17H33N3O2. The lowest BCUT2D eigenvalue weighted by Gasteiger charge is -2.62. The van der Waals surface area contributed by atoms with E-state index in [2.05, 4.69) is 49.6 Å². The van der Waals surface area contributed by atoms with Gasteiger partial charge in [0.05, 0.1) is 7.11 Å². The highest BCUT2D eigenvalue weighted by atomic mass is 16.5. The van der Waals surface area contributed by atoms with Crippen molar-refractivity contribution >= 4 is 11.9 Å². The van der Waals surface area contributed by atoms with Gasteiger partial charge < -0.3 is 15.0 Å². The van der Waals surface area contributed by atoms with Gasteiger partial charge >= 0.3 is 5.97 Å². The van der Waals surface area contributed by atoms with Gasteiger partial charge in [0.1, 0.15) is 0 Å². The van der Waals surface area contributed by atoms with E-state index in [9.17, 15) is 4.79 Å². The molecule has 0 unspecified atom stereocenters. The maximum Gasteiger partial charge on any atom is 0.305 e. The number of likely N-dealkylation sites (tertiary alicyclic amines) is 1. The fourth-order valence-electron chi connectivity index (χ4n) is 2.64. The minimum Gasteiger partial charge on any atom is -0.469 e. The fourth-order valence-corrected chi connectivity index (χ4v) is 2.64. The first kappa shape index (κ1) is 18.8. The second kappa shape index (κ2) is 7.84. The number of hydrogen-bond donors (Lipinski definition) is 1. The Kier molecular flexibility index (Phi) is 6.69. The summed E-state index contributed by atoms with van der Waals surface area (Å²) in [6.07, 6.45) is 3.39. The van der Waals surface area contributed by atoms with Crippen LogP contribution in [0.5, 0.6) is 0 Å². The van der Waals surface area contributed by atoms with Crippen molar-refractivity contribution < 1.29 is 9.53 Å². The lowest BCUT2D eigenvalue weighted by Crippen LogP contribution is -2.72. The van der Waals surface area contributed by atoms with Gasteiger partial charge in [-0.3, -0.25) is 9.79 Å². The van der Waals surface area contributed by atoms with Gasteiger partial charge in [-0.1, -0.05) is 20.3 Å². The van der Waals surface area contributed by atoms with Gasteiger partial charge in [-0.15, -0.1) is 0 Å². The number of ether oxygens (including phenoxy) is 1. The van der Waals surface area contributed by atoms with Crippen LogP contribution in [0.2, 0.25) is 0 Å². The number of esters is 1. The summed E-state index contributed by atoms with van der Waals surface area (Å²) in [5.41, 5.74) is 0.433. The van der Waals surface area contributed by atoms with E-state index in [-0.39, 0.29) is 11.5 Å². The number of carbonyl (C=O) groups excluding carboxylic acids is 1. The largest absolute Gasteiger partial charge is 0.469 e. The van der Waals surface area contributed by atoms with E-state index in [4.69, 9.17) is 4.99 Å². The van der Waals surface area contributed by atoms with Crippen LogP contribution in [0.25, 0.3) is 0 Å². The minimum absolute atomic E-state index is 0.124. The van der Waals surface area contributed by atoms with Crippen LogP contribution in [0.1, 0.15) is 60.3 Å². The lowest BCUT2D eigenvalue weighted by atomic mass is 9.65. The predicted molar refractivity (Wildman–Crippen MR) is 91.0 cm³/mol. The zero-order valence-corrected chi connectivity index (χ0v) is 15.2. The molecule has 0 aromatic carbocycles. The summed E-state index contributed by atoms with van der Waals surface area (Å²) in [5, 5.41) is 3.40. The van der Waals surface area contributed by atoms with E-state index in [1.165, 1.54) is 7.11 Å². The molecule has 1 saturated heterocycles. The summed E-state index contributed by atoms with van der Waals surface area (Å²) in [6.45, 7) is 14.0. The molecule has 1 fully saturated rings. The molecule has 0 saturated carbocycles. The lowest BCUT2D eigenvalue weighted by molar-refractivity contribution is -0.140. The third-order valence-corrected chi connectivity index (χ3v) is 5.00. The topological polar surface area (TPSA) is 53.9 Å². The number of unbranched alkanes of at least 4 members (excludes halogenated alkanes) is 2. The maximum atomic E-state index is 11.0. The Balaban J connectivity index is 2.43. The van der Waals surface area contributed by atoms with E-state index >= 15 is 0 Å². The SMILES string of the molecule is CCNC(=NCCCCCC(=O)OC)N1CC(C)(C)C1(C)C. The molecule has 0 aliphatic carbocycles. The predicted octanol–water partition coefficient (Wildman–Crippen LogP) is 2.81. The Morgan fingerprint density at radius 3 is 2.41 bits per heavy atom. The Bertz CT molecular complexity index is 403. The Morgan fingerprint density at radius 2 is 1.91 bits per heavy atom. The van der Waals surface area contributed by atoms with Crippen LogP contribution in [0, 0.1) is 5.41 Å². The third-order valence-electron chi connectivity index (χ3n) is 5.00. The molecule has 22 heavy (non-hydrogen) atoms. The molecule has 0 aromatic heterocycles. The summed E-state index contributed by atoms with van der Waals surface area (Å²) < 4.78 is 4.64. The molecule has 0 atom stereocenters. The monoisotopic (exact) mass is 311 g/mol. The highest BCUT2D eigenvalue weighted by Crippen LogP contribution is 2.46. The first-order valence-corrected chi connectivity index (χ1v) is 8.39. The van der Waals surface area contributed by atoms with Gasteiger partial charge in [0.25, 0.3) is 0 Å². The van der Waals surface area contributed by atoms with E-state index < -0.39 is 0 Å². The molecule has 1 aliphatic rings. The molecule has 1 heterocycles. The number of hydrogen-bond acceptors (Lipinski definition) is 3. The van der Waals surface area contributed by atoms with Crippen LogP contribution in [-0.4, -0.2) is 49.1 Å². The van der Waals surface area contributed by atoms with Gasteiger partial charge in [0.15, 0.2) is 5.96 Å². The van der Waals surface area contributed by atoms with Crippen LogP contribution < -0.4 is 5.32 Å². The van der Waals surface area contributed by atoms with Crippen molar-refractivity contribution in [1.82, 2.24) is 10.2 Å². The van der Waals surface area contributed by atoms with E-state index in [0.29, 0.717) is 11.8 Å². The molecule has 0 spiro atoms. The molecule has 1 N–H and O–H groups in total. The van der Waals surface area contributed by atoms with E-state index in [1.807, 2.05) is 0 Å². The zero-order valence-electron chi connectivity index (χ0n) is 15.2. The Labute approximate surface area is 135 Å². The second-order valence-corrected chi connectivity index (χ2v) is 7.15. The van der Waals surface area contributed by atoms with Crippen molar-refractivity contribution in [2.75, 3.05) is 26.7 Å². The Morgan fingerprint density at radius 1 is 1.23 bits per heavy atom. The highest BCUT2D eigenvalue weighted by Gasteiger charge is 2.53. The number of methoxy groups -OCH3 is 1. The van der Waals surface area contributed by atoms with Crippen LogP contribution in [0.3, 0.4) is 0 Å². The average Bonchev–Trinajstić information content (AvgIpc) is 2.47. The standard InChI is InChI=1S/C17H33N3O2/c1-7-18-15(20-13-16(2,3)17(20,4)5)19-12-10-8-9-11-14(21)22-6/h7-13H2,1-6H3,(H,18,19). The minimum atomic E-state index is -0.124. The maximum absolute atomic E-state index is 11.0. The molecule has 0 aromatic rings. The van der Waals surface area contributed by atoms with Gasteiger partial charge in [0, 0.05) is 37.0 Å². The van der Waals surface area contributed by atoms with Gasteiger partial charge in [-0.2, -0.15) is 0 Å². The Hall–Kier alpha value is -1.26. The van der Waals surface area contributed by atoms with Crippen molar-refractivity contribution in [3.05, 3.63) is 0 Å². The molecule has 0 amide bonds. The molecule has 1 aliphatic heterocycles. The number of carbonyl (C=O) groups is 1. The summed E-state index contributed by atoms with van der Waals surface area (Å²) in [7, 11) is 1.44. The number of nitrogens with one attached hydrogen (secondary N) is 1. The number of aliphatic imine (C=N–C) groups is 1. The van der Waals surface area contributed by atoms with Crippen molar-refractivity contribution in [2.24, 2.45) is 10.4 Å². The number of guanidine groups is 1. The van der Waals surface area contributed by atoms with Crippen LogP contribution >= 0.6 is 0 Å². The van der Waals surface area contributed by atoms with Crippen molar-refractivity contribution in [1.29, 1.82) is 0 Å². The smallest absolute Gasteiger partial charge is 0.305 e. The van der Waals surface area contributed by atoms with Crippen LogP contribution in [0.15, 0.2) is 4.99 Å². The summed E-state index contributed by atoms with van der Waals surface area (Å²) in [6, 6.07) is 0. The summed E-state index contributed by atoms with van der Waals surface area (Å²) >= 11 is 0. The number of nitrogens with zero attached hydrogens (tertiary/aromatic N) is 2. The van der Waals surface area contributed by atoms with Crippen molar-refractivity contribution in [3.63, 3.8) is 0 Å². The molecule has 1 rings (SSSR count). The second-order valence-electron chi connectivity index (χ2n) is 7.15. The molecular weight excluding hydrogens is 278 g/mol.